The van der Waals surface area contributed by atoms with Gasteiger partial charge in [0.05, 0.1) is 19.3 Å². The lowest BCUT2D eigenvalue weighted by molar-refractivity contribution is -0.396. The quantitative estimate of drug-likeness (QED) is 0.103. The van der Waals surface area contributed by atoms with Crippen LogP contribution in [-0.4, -0.2) is 48.4 Å². The Morgan fingerprint density at radius 3 is 1.95 bits per heavy atom. The fraction of sp³-hybridized carbons (Fsp3) is 0.655. The molecule has 1 aromatic rings. The van der Waals surface area contributed by atoms with Crippen LogP contribution >= 0.6 is 0 Å². The molecule has 0 bridgehead atoms. The van der Waals surface area contributed by atoms with Gasteiger partial charge in [0, 0.05) is 13.0 Å². The van der Waals surface area contributed by atoms with Gasteiger partial charge in [0.25, 0.3) is 0 Å². The number of benzene rings is 1. The van der Waals surface area contributed by atoms with Gasteiger partial charge in [0.1, 0.15) is 5.75 Å². The minimum atomic E-state index is -6.88. The SMILES string of the molecule is C[C@H](CO)C/C=C/[C@H](C)C/C=C/[C@H](C)[C@H](C)OCc1ccc(OCCCC(F)(F)C(F)(F)C(F)(F)C(F)(F)F)cc1. The Kier molecular flexibility index (Phi) is 14.2. The van der Waals surface area contributed by atoms with Crippen molar-refractivity contribution in [3.8, 4) is 5.75 Å². The number of alkyl halides is 9. The number of ether oxygens (including phenoxy) is 2. The van der Waals surface area contributed by atoms with E-state index in [1.165, 1.54) is 12.1 Å². The van der Waals surface area contributed by atoms with E-state index in [4.69, 9.17) is 14.6 Å². The molecule has 3 nitrogen and oxygen atoms in total. The Hall–Kier alpha value is -2.21. The van der Waals surface area contributed by atoms with E-state index in [2.05, 4.69) is 31.2 Å². The number of aliphatic hydroxyl groups excluding tert-OH is 1. The Morgan fingerprint density at radius 2 is 1.39 bits per heavy atom. The first-order valence-corrected chi connectivity index (χ1v) is 13.3. The summed E-state index contributed by atoms with van der Waals surface area (Å²) in [5.41, 5.74) is 0.761. The molecule has 0 radical (unpaired) electrons. The summed E-state index contributed by atoms with van der Waals surface area (Å²) < 4.78 is 127. The Morgan fingerprint density at radius 1 is 0.805 bits per heavy atom. The van der Waals surface area contributed by atoms with Crippen molar-refractivity contribution in [1.29, 1.82) is 0 Å². The van der Waals surface area contributed by atoms with Crippen LogP contribution in [0.15, 0.2) is 48.6 Å². The first-order valence-electron chi connectivity index (χ1n) is 13.3. The summed E-state index contributed by atoms with van der Waals surface area (Å²) in [6, 6.07) is 6.18. The smallest absolute Gasteiger partial charge is 0.460 e. The molecule has 4 atom stereocenters. The van der Waals surface area contributed by atoms with Crippen molar-refractivity contribution < 1.29 is 54.1 Å². The zero-order valence-electron chi connectivity index (χ0n) is 23.5. The second-order valence-corrected chi connectivity index (χ2v) is 10.4. The van der Waals surface area contributed by atoms with Crippen molar-refractivity contribution in [3.05, 3.63) is 54.1 Å². The largest absolute Gasteiger partial charge is 0.494 e. The monoisotopic (exact) mass is 606 g/mol. The molecule has 0 aliphatic rings. The molecule has 12 heteroatoms. The van der Waals surface area contributed by atoms with E-state index in [0.717, 1.165) is 18.4 Å². The average Bonchev–Trinajstić information content (AvgIpc) is 2.89. The van der Waals surface area contributed by atoms with Crippen LogP contribution in [-0.2, 0) is 11.3 Å². The second-order valence-electron chi connectivity index (χ2n) is 10.4. The highest BCUT2D eigenvalue weighted by molar-refractivity contribution is 5.26. The summed E-state index contributed by atoms with van der Waals surface area (Å²) >= 11 is 0. The molecule has 0 spiro atoms. The van der Waals surface area contributed by atoms with Crippen LogP contribution in [0.2, 0.25) is 0 Å². The number of rotatable bonds is 18. The molecule has 41 heavy (non-hydrogen) atoms. The topological polar surface area (TPSA) is 38.7 Å². The molecule has 0 fully saturated rings. The van der Waals surface area contributed by atoms with Gasteiger partial charge in [-0.2, -0.15) is 39.5 Å². The molecule has 1 N–H and O–H groups in total. The van der Waals surface area contributed by atoms with Crippen molar-refractivity contribution >= 4 is 0 Å². The van der Waals surface area contributed by atoms with Crippen molar-refractivity contribution in [2.45, 2.75) is 90.0 Å². The van der Waals surface area contributed by atoms with Gasteiger partial charge in [-0.3, -0.25) is 0 Å². The summed E-state index contributed by atoms with van der Waals surface area (Å²) in [5.74, 6) is -18.2. The number of hydrogen-bond acceptors (Lipinski definition) is 3. The Balaban J connectivity index is 2.46. The van der Waals surface area contributed by atoms with Crippen LogP contribution < -0.4 is 4.74 Å². The molecule has 0 saturated heterocycles. The third-order valence-electron chi connectivity index (χ3n) is 6.55. The predicted octanol–water partition coefficient (Wildman–Crippen LogP) is 9.01. The van der Waals surface area contributed by atoms with Crippen LogP contribution in [0, 0.1) is 17.8 Å². The molecular formula is C29H39F9O3. The van der Waals surface area contributed by atoms with Crippen LogP contribution in [0.4, 0.5) is 39.5 Å². The van der Waals surface area contributed by atoms with Gasteiger partial charge in [0.15, 0.2) is 0 Å². The summed E-state index contributed by atoms with van der Waals surface area (Å²) in [6.07, 6.45) is 0.323. The maximum Gasteiger partial charge on any atom is 0.460 e. The lowest BCUT2D eigenvalue weighted by Crippen LogP contribution is -2.60. The number of aliphatic hydroxyl groups is 1. The maximum atomic E-state index is 13.6. The number of halogens is 9. The molecule has 0 aliphatic heterocycles. The molecule has 1 aromatic carbocycles. The fourth-order valence-electron chi connectivity index (χ4n) is 3.47. The van der Waals surface area contributed by atoms with Crippen LogP contribution in [0.3, 0.4) is 0 Å². The first-order chi connectivity index (χ1) is 18.9. The third kappa shape index (κ3) is 11.2. The minimum absolute atomic E-state index is 0.108. The summed E-state index contributed by atoms with van der Waals surface area (Å²) in [5, 5.41) is 9.06. The predicted molar refractivity (Wildman–Crippen MR) is 138 cm³/mol. The lowest BCUT2D eigenvalue weighted by Gasteiger charge is -2.33. The molecule has 0 saturated carbocycles. The molecule has 0 heterocycles. The van der Waals surface area contributed by atoms with E-state index in [9.17, 15) is 39.5 Å². The van der Waals surface area contributed by atoms with Crippen molar-refractivity contribution in [3.63, 3.8) is 0 Å². The van der Waals surface area contributed by atoms with E-state index in [1.54, 1.807) is 12.1 Å². The van der Waals surface area contributed by atoms with Gasteiger partial charge in [-0.25, -0.2) is 0 Å². The highest BCUT2D eigenvalue weighted by atomic mass is 19.4. The molecule has 236 valence electrons. The van der Waals surface area contributed by atoms with Gasteiger partial charge >= 0.3 is 23.9 Å². The highest BCUT2D eigenvalue weighted by Crippen LogP contribution is 2.54. The molecule has 0 aliphatic carbocycles. The van der Waals surface area contributed by atoms with Gasteiger partial charge in [-0.05, 0) is 61.6 Å². The zero-order valence-corrected chi connectivity index (χ0v) is 23.5. The van der Waals surface area contributed by atoms with Crippen LogP contribution in [0.5, 0.6) is 5.75 Å². The Bertz CT molecular complexity index is 944. The van der Waals surface area contributed by atoms with Crippen LogP contribution in [0.1, 0.15) is 58.9 Å². The van der Waals surface area contributed by atoms with Crippen molar-refractivity contribution in [2.75, 3.05) is 13.2 Å². The maximum absolute atomic E-state index is 13.6. The molecule has 0 unspecified atom stereocenters. The Labute approximate surface area is 235 Å². The minimum Gasteiger partial charge on any atom is -0.494 e. The summed E-state index contributed by atoms with van der Waals surface area (Å²) in [7, 11) is 0. The summed E-state index contributed by atoms with van der Waals surface area (Å²) in [4.78, 5) is 0. The van der Waals surface area contributed by atoms with Gasteiger partial charge in [-0.15, -0.1) is 0 Å². The van der Waals surface area contributed by atoms with Crippen LogP contribution in [0.25, 0.3) is 0 Å². The van der Waals surface area contributed by atoms with E-state index in [-0.39, 0.29) is 36.9 Å². The van der Waals surface area contributed by atoms with E-state index >= 15 is 0 Å². The van der Waals surface area contributed by atoms with Gasteiger partial charge in [-0.1, -0.05) is 57.2 Å². The molecule has 0 aromatic heterocycles. The van der Waals surface area contributed by atoms with Gasteiger partial charge in [0.2, 0.25) is 0 Å². The lowest BCUT2D eigenvalue weighted by atomic mass is 10.00. The zero-order chi connectivity index (χ0) is 31.5. The van der Waals surface area contributed by atoms with E-state index in [0.29, 0.717) is 5.92 Å². The molecule has 1 rings (SSSR count). The molecule has 0 amide bonds. The molecular weight excluding hydrogens is 567 g/mol. The number of hydrogen-bond donors (Lipinski definition) is 1. The summed E-state index contributed by atoms with van der Waals surface area (Å²) in [6.45, 7) is 7.85. The average molecular weight is 607 g/mol. The third-order valence-corrected chi connectivity index (χ3v) is 6.55. The highest BCUT2D eigenvalue weighted by Gasteiger charge is 2.81. The van der Waals surface area contributed by atoms with Gasteiger partial charge < -0.3 is 14.6 Å². The number of allylic oxidation sites excluding steroid dienone is 3. The van der Waals surface area contributed by atoms with E-state index in [1.807, 2.05) is 20.8 Å². The first kappa shape index (κ1) is 36.8. The fourth-order valence-corrected chi connectivity index (χ4v) is 3.47. The van der Waals surface area contributed by atoms with Crippen molar-refractivity contribution in [1.82, 2.24) is 0 Å². The van der Waals surface area contributed by atoms with E-state index < -0.39 is 43.4 Å². The second kappa shape index (κ2) is 15.9. The normalized spacial score (nSPS) is 16.7. The standard InChI is InChI=1S/C29H39F9O3/c1-20(8-5-10-21(2)18-39)9-6-11-22(3)23(4)41-19-24-12-14-25(15-13-24)40-17-7-16-26(30,31)27(32,33)28(34,35)29(36,37)38/h5-6,8,11-15,20-23,39H,7,9-10,16-19H2,1-4H3/b8-5+,11-6+/t20-,21-,22-,23-/m0/s1. The van der Waals surface area contributed by atoms with Crippen molar-refractivity contribution in [2.24, 2.45) is 17.8 Å².